The summed E-state index contributed by atoms with van der Waals surface area (Å²) in [5.74, 6) is 0.135. The Bertz CT molecular complexity index is 1860. The predicted molar refractivity (Wildman–Crippen MR) is 158 cm³/mol. The van der Waals surface area contributed by atoms with Crippen LogP contribution in [0, 0.1) is 6.92 Å². The van der Waals surface area contributed by atoms with Crippen LogP contribution in [-0.2, 0) is 0 Å². The minimum Gasteiger partial charge on any atom is -0.469 e. The zero-order chi connectivity index (χ0) is 27.5. The number of hydrogen-bond acceptors (Lipinski definition) is 4. The van der Waals surface area contributed by atoms with Crippen molar-refractivity contribution in [3.8, 4) is 16.9 Å². The second-order valence-corrected chi connectivity index (χ2v) is 9.39. The van der Waals surface area contributed by atoms with Gasteiger partial charge < -0.3 is 9.73 Å². The van der Waals surface area contributed by atoms with Crippen molar-refractivity contribution in [1.29, 1.82) is 0 Å². The molecule has 0 aliphatic carbocycles. The molecule has 1 amide bonds. The van der Waals surface area contributed by atoms with Crippen LogP contribution in [0.3, 0.4) is 0 Å². The maximum Gasteiger partial charge on any atom is 0.259 e. The average Bonchev–Trinajstić information content (AvgIpc) is 3.63. The van der Waals surface area contributed by atoms with Gasteiger partial charge in [-0.15, -0.1) is 0 Å². The average molecular weight is 524 g/mol. The molecule has 4 aromatic carbocycles. The zero-order valence-corrected chi connectivity index (χ0v) is 21.7. The number of allylic oxidation sites excluding steroid dienone is 1. The van der Waals surface area contributed by atoms with Crippen LogP contribution < -0.4 is 5.32 Å². The summed E-state index contributed by atoms with van der Waals surface area (Å²) in [6.45, 7) is 1.73. The lowest BCUT2D eigenvalue weighted by Gasteiger charge is -2.05. The minimum absolute atomic E-state index is 0.152. The Kier molecular flexibility index (Phi) is 6.65. The molecule has 6 heteroatoms. The molecule has 2 aromatic heterocycles. The molecule has 0 fully saturated rings. The van der Waals surface area contributed by atoms with Gasteiger partial charge in [-0.1, -0.05) is 54.6 Å². The van der Waals surface area contributed by atoms with E-state index in [-0.39, 0.29) is 11.7 Å². The van der Waals surface area contributed by atoms with E-state index in [0.29, 0.717) is 22.6 Å². The number of nitrogens with zero attached hydrogens (tertiary/aromatic N) is 2. The standard InChI is InChI=1S/C34H25N3O3/c1-23-31(19-20-40-23)34(39)35-29-16-13-25(14-17-29)32(38)18-15-28-22-37(30-9-3-2-4-10-30)36-33(28)27-12-11-24-7-5-6-8-26(24)21-27/h2-22H,1H3,(H,35,39)/b18-15+. The minimum atomic E-state index is -0.262. The maximum atomic E-state index is 13.1. The lowest BCUT2D eigenvalue weighted by atomic mass is 10.0. The quantitative estimate of drug-likeness (QED) is 0.171. The Hall–Kier alpha value is -5.49. The van der Waals surface area contributed by atoms with Gasteiger partial charge in [-0.25, -0.2) is 4.68 Å². The molecule has 0 spiro atoms. The predicted octanol–water partition coefficient (Wildman–Crippen LogP) is 7.74. The highest BCUT2D eigenvalue weighted by Crippen LogP contribution is 2.28. The number of furan rings is 1. The van der Waals surface area contributed by atoms with Crippen LogP contribution in [0.15, 0.2) is 126 Å². The third-order valence-electron chi connectivity index (χ3n) is 6.73. The molecular formula is C34H25N3O3. The summed E-state index contributed by atoms with van der Waals surface area (Å²) < 4.78 is 7.03. The number of fused-ring (bicyclic) bond motifs is 1. The van der Waals surface area contributed by atoms with Crippen molar-refractivity contribution in [3.05, 3.63) is 144 Å². The van der Waals surface area contributed by atoms with Crippen molar-refractivity contribution in [2.24, 2.45) is 0 Å². The number of aryl methyl sites for hydroxylation is 1. The van der Waals surface area contributed by atoms with Gasteiger partial charge in [-0.3, -0.25) is 9.59 Å². The van der Waals surface area contributed by atoms with E-state index in [4.69, 9.17) is 9.52 Å². The SMILES string of the molecule is Cc1occc1C(=O)Nc1ccc(C(=O)/C=C/c2cn(-c3ccccc3)nc2-c2ccc3ccccc3c2)cc1. The molecule has 6 rings (SSSR count). The van der Waals surface area contributed by atoms with Gasteiger partial charge in [0.1, 0.15) is 5.76 Å². The number of para-hydroxylation sites is 1. The molecule has 40 heavy (non-hydrogen) atoms. The van der Waals surface area contributed by atoms with Crippen LogP contribution in [0.1, 0.15) is 32.0 Å². The van der Waals surface area contributed by atoms with E-state index in [9.17, 15) is 9.59 Å². The Morgan fingerprint density at radius 1 is 0.850 bits per heavy atom. The van der Waals surface area contributed by atoms with Gasteiger partial charge in [0, 0.05) is 28.6 Å². The molecule has 0 atom stereocenters. The van der Waals surface area contributed by atoms with Gasteiger partial charge in [-0.05, 0) is 78.4 Å². The van der Waals surface area contributed by atoms with Gasteiger partial charge >= 0.3 is 0 Å². The molecule has 0 radical (unpaired) electrons. The Morgan fingerprint density at radius 3 is 2.35 bits per heavy atom. The van der Waals surface area contributed by atoms with Crippen molar-refractivity contribution >= 4 is 34.2 Å². The van der Waals surface area contributed by atoms with Crippen LogP contribution in [0.25, 0.3) is 33.8 Å². The van der Waals surface area contributed by atoms with E-state index in [2.05, 4.69) is 35.6 Å². The number of carbonyl (C=O) groups is 2. The molecular weight excluding hydrogens is 498 g/mol. The first kappa shape index (κ1) is 24.8. The largest absolute Gasteiger partial charge is 0.469 e. The fraction of sp³-hybridized carbons (Fsp3) is 0.0294. The molecule has 6 aromatic rings. The summed E-state index contributed by atoms with van der Waals surface area (Å²) in [5, 5.41) is 9.98. The van der Waals surface area contributed by atoms with E-state index in [1.54, 1.807) is 49.4 Å². The molecule has 1 N–H and O–H groups in total. The number of aromatic nitrogens is 2. The fourth-order valence-electron chi connectivity index (χ4n) is 4.58. The van der Waals surface area contributed by atoms with Crippen LogP contribution in [-0.4, -0.2) is 21.5 Å². The lowest BCUT2D eigenvalue weighted by Crippen LogP contribution is -2.12. The monoisotopic (exact) mass is 523 g/mol. The summed E-state index contributed by atoms with van der Waals surface area (Å²) in [7, 11) is 0. The summed E-state index contributed by atoms with van der Waals surface area (Å²) in [5.41, 5.74) is 5.08. The van der Waals surface area contributed by atoms with Crippen LogP contribution in [0.4, 0.5) is 5.69 Å². The Balaban J connectivity index is 1.27. The zero-order valence-electron chi connectivity index (χ0n) is 21.7. The Labute approximate surface area is 231 Å². The second-order valence-electron chi connectivity index (χ2n) is 9.39. The normalized spacial score (nSPS) is 11.2. The van der Waals surface area contributed by atoms with E-state index in [0.717, 1.165) is 33.3 Å². The van der Waals surface area contributed by atoms with Crippen LogP contribution in [0.2, 0.25) is 0 Å². The van der Waals surface area contributed by atoms with E-state index in [1.165, 1.54) is 6.26 Å². The Morgan fingerprint density at radius 2 is 1.60 bits per heavy atom. The smallest absolute Gasteiger partial charge is 0.259 e. The van der Waals surface area contributed by atoms with E-state index in [1.807, 2.05) is 53.3 Å². The first-order valence-electron chi connectivity index (χ1n) is 12.9. The molecule has 0 aliphatic heterocycles. The molecule has 0 unspecified atom stereocenters. The van der Waals surface area contributed by atoms with Gasteiger partial charge in [0.2, 0.25) is 0 Å². The maximum absolute atomic E-state index is 13.1. The highest BCUT2D eigenvalue weighted by molar-refractivity contribution is 6.08. The van der Waals surface area contributed by atoms with Gasteiger partial charge in [0.05, 0.1) is 23.2 Å². The lowest BCUT2D eigenvalue weighted by molar-refractivity contribution is 0.102. The van der Waals surface area contributed by atoms with Crippen LogP contribution >= 0.6 is 0 Å². The number of ketones is 1. The van der Waals surface area contributed by atoms with E-state index < -0.39 is 0 Å². The van der Waals surface area contributed by atoms with Crippen molar-refractivity contribution in [3.63, 3.8) is 0 Å². The summed E-state index contributed by atoms with van der Waals surface area (Å²) in [4.78, 5) is 25.5. The highest BCUT2D eigenvalue weighted by Gasteiger charge is 2.14. The van der Waals surface area contributed by atoms with Crippen molar-refractivity contribution in [2.75, 3.05) is 5.32 Å². The number of benzene rings is 4. The molecule has 2 heterocycles. The molecule has 6 nitrogen and oxygen atoms in total. The summed E-state index contributed by atoms with van der Waals surface area (Å²) in [6.07, 6.45) is 6.77. The summed E-state index contributed by atoms with van der Waals surface area (Å²) in [6, 6.07) is 32.8. The molecule has 0 aliphatic rings. The van der Waals surface area contributed by atoms with Crippen molar-refractivity contribution in [2.45, 2.75) is 6.92 Å². The van der Waals surface area contributed by atoms with E-state index >= 15 is 0 Å². The summed E-state index contributed by atoms with van der Waals surface area (Å²) >= 11 is 0. The number of anilines is 1. The fourth-order valence-corrected chi connectivity index (χ4v) is 4.58. The highest BCUT2D eigenvalue weighted by atomic mass is 16.3. The number of hydrogen-bond donors (Lipinski definition) is 1. The first-order valence-corrected chi connectivity index (χ1v) is 12.9. The number of nitrogens with one attached hydrogen (secondary N) is 1. The topological polar surface area (TPSA) is 77.1 Å². The first-order chi connectivity index (χ1) is 19.5. The molecule has 194 valence electrons. The number of carbonyl (C=O) groups excluding carboxylic acids is 2. The molecule has 0 saturated carbocycles. The van der Waals surface area contributed by atoms with Gasteiger partial charge in [-0.2, -0.15) is 5.10 Å². The number of rotatable bonds is 7. The number of amides is 1. The van der Waals surface area contributed by atoms with Crippen molar-refractivity contribution in [1.82, 2.24) is 9.78 Å². The van der Waals surface area contributed by atoms with Crippen LogP contribution in [0.5, 0.6) is 0 Å². The van der Waals surface area contributed by atoms with Gasteiger partial charge in [0.25, 0.3) is 5.91 Å². The second kappa shape index (κ2) is 10.7. The third kappa shape index (κ3) is 5.11. The van der Waals surface area contributed by atoms with Crippen molar-refractivity contribution < 1.29 is 14.0 Å². The molecule has 0 bridgehead atoms. The third-order valence-corrected chi connectivity index (χ3v) is 6.73. The van der Waals surface area contributed by atoms with Gasteiger partial charge in [0.15, 0.2) is 5.78 Å². The molecule has 0 saturated heterocycles.